The standard InChI is InChI=1S/C27H32N4O5S/c1-29-16-26(33)30(17-25(29)32)10-11-36-18-22-19-37-27(28-22)31(14-20-6-4-8-23(12-20)34-2)15-21-7-5-9-24(13-21)35-3/h4-9,12-13,19H,10-11,14-18H2,1-3H3. The van der Waals surface area contributed by atoms with Gasteiger partial charge in [0.1, 0.15) is 11.5 Å². The van der Waals surface area contributed by atoms with Crippen LogP contribution in [0.25, 0.3) is 0 Å². The molecule has 0 atom stereocenters. The first kappa shape index (κ1) is 26.4. The summed E-state index contributed by atoms with van der Waals surface area (Å²) in [4.78, 5) is 34.0. The quantitative estimate of drug-likeness (QED) is 0.337. The number of methoxy groups -OCH3 is 2. The molecule has 0 spiro atoms. The second-order valence-corrected chi connectivity index (χ2v) is 9.63. The first-order chi connectivity index (χ1) is 17.9. The summed E-state index contributed by atoms with van der Waals surface area (Å²) in [6, 6.07) is 16.0. The van der Waals surface area contributed by atoms with E-state index in [-0.39, 0.29) is 24.9 Å². The van der Waals surface area contributed by atoms with Crippen LogP contribution in [0, 0.1) is 0 Å². The van der Waals surface area contributed by atoms with E-state index in [1.807, 2.05) is 41.8 Å². The van der Waals surface area contributed by atoms with Crippen molar-refractivity contribution < 1.29 is 23.8 Å². The fraction of sp³-hybridized carbons (Fsp3) is 0.370. The van der Waals surface area contributed by atoms with Crippen molar-refractivity contribution >= 4 is 28.3 Å². The number of ether oxygens (including phenoxy) is 3. The van der Waals surface area contributed by atoms with Crippen molar-refractivity contribution in [3.8, 4) is 11.5 Å². The van der Waals surface area contributed by atoms with Gasteiger partial charge in [0, 0.05) is 32.1 Å². The molecule has 2 aromatic carbocycles. The highest BCUT2D eigenvalue weighted by atomic mass is 32.1. The van der Waals surface area contributed by atoms with Gasteiger partial charge in [-0.1, -0.05) is 24.3 Å². The molecule has 1 aromatic heterocycles. The molecule has 0 unspecified atom stereocenters. The van der Waals surface area contributed by atoms with Gasteiger partial charge >= 0.3 is 0 Å². The van der Waals surface area contributed by atoms with Gasteiger partial charge in [-0.25, -0.2) is 4.98 Å². The molecule has 0 N–H and O–H groups in total. The lowest BCUT2D eigenvalue weighted by molar-refractivity contribution is -0.149. The van der Waals surface area contributed by atoms with Crippen molar-refractivity contribution in [1.29, 1.82) is 0 Å². The summed E-state index contributed by atoms with van der Waals surface area (Å²) in [6.07, 6.45) is 0. The van der Waals surface area contributed by atoms with E-state index in [1.54, 1.807) is 37.5 Å². The fourth-order valence-corrected chi connectivity index (χ4v) is 4.81. The van der Waals surface area contributed by atoms with Gasteiger partial charge in [-0.3, -0.25) is 9.59 Å². The molecule has 196 valence electrons. The lowest BCUT2D eigenvalue weighted by Gasteiger charge is -2.31. The minimum atomic E-state index is -0.0626. The molecule has 10 heteroatoms. The van der Waals surface area contributed by atoms with Crippen molar-refractivity contribution in [2.24, 2.45) is 0 Å². The Kier molecular flexibility index (Phi) is 8.97. The Bertz CT molecular complexity index is 1170. The predicted molar refractivity (Wildman–Crippen MR) is 142 cm³/mol. The molecular weight excluding hydrogens is 492 g/mol. The highest BCUT2D eigenvalue weighted by Crippen LogP contribution is 2.27. The van der Waals surface area contributed by atoms with E-state index in [2.05, 4.69) is 17.0 Å². The monoisotopic (exact) mass is 524 g/mol. The van der Waals surface area contributed by atoms with E-state index in [0.717, 1.165) is 33.5 Å². The van der Waals surface area contributed by atoms with Crippen LogP contribution in [0.15, 0.2) is 53.9 Å². The normalized spacial score (nSPS) is 13.7. The molecular formula is C27H32N4O5S. The zero-order chi connectivity index (χ0) is 26.2. The van der Waals surface area contributed by atoms with E-state index in [0.29, 0.717) is 32.8 Å². The van der Waals surface area contributed by atoms with Gasteiger partial charge in [0.15, 0.2) is 5.13 Å². The third kappa shape index (κ3) is 7.21. The topological polar surface area (TPSA) is 84.4 Å². The lowest BCUT2D eigenvalue weighted by Crippen LogP contribution is -2.52. The number of likely N-dealkylation sites (N-methyl/N-ethyl adjacent to an activating group) is 1. The Labute approximate surface area is 221 Å². The molecule has 0 aliphatic carbocycles. The van der Waals surface area contributed by atoms with Crippen LogP contribution in [0.3, 0.4) is 0 Å². The largest absolute Gasteiger partial charge is 0.497 e. The molecule has 1 fully saturated rings. The van der Waals surface area contributed by atoms with Crippen molar-refractivity contribution in [3.63, 3.8) is 0 Å². The van der Waals surface area contributed by atoms with Crippen molar-refractivity contribution in [2.75, 3.05) is 52.4 Å². The summed E-state index contributed by atoms with van der Waals surface area (Å²) in [6.45, 7) is 2.58. The molecule has 3 aromatic rings. The number of anilines is 1. The average Bonchev–Trinajstić information content (AvgIpc) is 3.38. The Morgan fingerprint density at radius 3 is 2.22 bits per heavy atom. The summed E-state index contributed by atoms with van der Waals surface area (Å²) in [7, 11) is 4.97. The Hall–Kier alpha value is -3.63. The Balaban J connectivity index is 1.40. The summed E-state index contributed by atoms with van der Waals surface area (Å²) in [5.41, 5.74) is 3.05. The van der Waals surface area contributed by atoms with E-state index >= 15 is 0 Å². The van der Waals surface area contributed by atoms with Gasteiger partial charge in [0.2, 0.25) is 11.8 Å². The lowest BCUT2D eigenvalue weighted by atomic mass is 10.1. The SMILES string of the molecule is COc1cccc(CN(Cc2cccc(OC)c2)c2nc(COCCN3CC(=O)N(C)CC3=O)cs2)c1. The number of amides is 2. The van der Waals surface area contributed by atoms with Gasteiger partial charge in [0.05, 0.1) is 46.2 Å². The van der Waals surface area contributed by atoms with Crippen molar-refractivity contribution in [3.05, 3.63) is 70.7 Å². The minimum Gasteiger partial charge on any atom is -0.497 e. The summed E-state index contributed by atoms with van der Waals surface area (Å²) in [5, 5.41) is 2.87. The van der Waals surface area contributed by atoms with Crippen LogP contribution in [0.2, 0.25) is 0 Å². The van der Waals surface area contributed by atoms with Gasteiger partial charge in [-0.05, 0) is 35.4 Å². The second kappa shape index (κ2) is 12.6. The number of benzene rings is 2. The molecule has 2 heterocycles. The smallest absolute Gasteiger partial charge is 0.242 e. The maximum atomic E-state index is 12.1. The number of carbonyl (C=O) groups excluding carboxylic acids is 2. The van der Waals surface area contributed by atoms with E-state index in [4.69, 9.17) is 19.2 Å². The number of nitrogens with zero attached hydrogens (tertiary/aromatic N) is 4. The third-order valence-corrected chi connectivity index (χ3v) is 7.01. The Morgan fingerprint density at radius 1 is 0.946 bits per heavy atom. The molecule has 4 rings (SSSR count). The van der Waals surface area contributed by atoms with E-state index in [1.165, 1.54) is 4.90 Å². The second-order valence-electron chi connectivity index (χ2n) is 8.80. The summed E-state index contributed by atoms with van der Waals surface area (Å²) >= 11 is 1.56. The molecule has 0 bridgehead atoms. The van der Waals surface area contributed by atoms with Crippen LogP contribution in [-0.2, 0) is 34.0 Å². The molecule has 2 amide bonds. The first-order valence-corrected chi connectivity index (χ1v) is 12.9. The summed E-state index contributed by atoms with van der Waals surface area (Å²) < 4.78 is 16.6. The average molecular weight is 525 g/mol. The van der Waals surface area contributed by atoms with Crippen molar-refractivity contribution in [1.82, 2.24) is 14.8 Å². The van der Waals surface area contributed by atoms with Crippen LogP contribution < -0.4 is 14.4 Å². The number of hydrogen-bond acceptors (Lipinski definition) is 8. The number of rotatable bonds is 12. The van der Waals surface area contributed by atoms with Crippen LogP contribution in [-0.4, -0.2) is 74.1 Å². The number of thiazole rings is 1. The highest BCUT2D eigenvalue weighted by molar-refractivity contribution is 7.13. The number of piperazine rings is 1. The van der Waals surface area contributed by atoms with Crippen LogP contribution in [0.4, 0.5) is 5.13 Å². The summed E-state index contributed by atoms with van der Waals surface area (Å²) in [5.74, 6) is 1.50. The molecule has 1 aliphatic rings. The third-order valence-electron chi connectivity index (χ3n) is 6.06. The first-order valence-electron chi connectivity index (χ1n) is 12.0. The van der Waals surface area contributed by atoms with Crippen LogP contribution >= 0.6 is 11.3 Å². The molecule has 9 nitrogen and oxygen atoms in total. The molecule has 1 saturated heterocycles. The maximum Gasteiger partial charge on any atom is 0.242 e. The number of aromatic nitrogens is 1. The Morgan fingerprint density at radius 2 is 1.59 bits per heavy atom. The molecule has 0 radical (unpaired) electrons. The number of hydrogen-bond donors (Lipinski definition) is 0. The van der Waals surface area contributed by atoms with Crippen molar-refractivity contribution in [2.45, 2.75) is 19.7 Å². The zero-order valence-electron chi connectivity index (χ0n) is 21.4. The van der Waals surface area contributed by atoms with Gasteiger partial charge in [-0.2, -0.15) is 0 Å². The van der Waals surface area contributed by atoms with E-state index < -0.39 is 0 Å². The zero-order valence-corrected chi connectivity index (χ0v) is 22.2. The predicted octanol–water partition coefficient (Wildman–Crippen LogP) is 3.18. The van der Waals surface area contributed by atoms with Crippen LogP contribution in [0.1, 0.15) is 16.8 Å². The van der Waals surface area contributed by atoms with Gasteiger partial charge in [0.25, 0.3) is 0 Å². The minimum absolute atomic E-state index is 0.0593. The van der Waals surface area contributed by atoms with E-state index in [9.17, 15) is 9.59 Å². The fourth-order valence-electron chi connectivity index (χ4n) is 4.00. The van der Waals surface area contributed by atoms with Gasteiger partial charge < -0.3 is 28.9 Å². The van der Waals surface area contributed by atoms with Crippen LogP contribution in [0.5, 0.6) is 11.5 Å². The molecule has 0 saturated carbocycles. The molecule has 1 aliphatic heterocycles. The highest BCUT2D eigenvalue weighted by Gasteiger charge is 2.27. The number of carbonyl (C=O) groups is 2. The maximum absolute atomic E-state index is 12.1. The van der Waals surface area contributed by atoms with Gasteiger partial charge in [-0.15, -0.1) is 11.3 Å². The molecule has 37 heavy (non-hydrogen) atoms.